The van der Waals surface area contributed by atoms with Gasteiger partial charge in [-0.15, -0.1) is 0 Å². The Kier molecular flexibility index (Phi) is 9.12. The maximum atomic E-state index is 13.1. The fourth-order valence-corrected chi connectivity index (χ4v) is 4.83. The van der Waals surface area contributed by atoms with Gasteiger partial charge in [0.25, 0.3) is 11.1 Å². The molecule has 2 aromatic carbocycles. The zero-order valence-electron chi connectivity index (χ0n) is 19.5. The predicted molar refractivity (Wildman–Crippen MR) is 141 cm³/mol. The van der Waals surface area contributed by atoms with Crippen molar-refractivity contribution >= 4 is 63.2 Å². The molecule has 1 N–H and O–H groups in total. The first-order chi connectivity index (χ1) is 17.5. The zero-order valence-corrected chi connectivity index (χ0v) is 22.5. The quantitative estimate of drug-likeness (QED) is 0.216. The number of alkyl halides is 3. The highest BCUT2D eigenvalue weighted by atomic mass is 127. The van der Waals surface area contributed by atoms with Crippen LogP contribution >= 0.6 is 34.4 Å². The summed E-state index contributed by atoms with van der Waals surface area (Å²) in [7, 11) is 2.69. The van der Waals surface area contributed by atoms with E-state index in [0.717, 1.165) is 12.1 Å². The largest absolute Gasteiger partial charge is 0.495 e. The summed E-state index contributed by atoms with van der Waals surface area (Å²) in [6.45, 7) is 3.17. The van der Waals surface area contributed by atoms with Crippen LogP contribution in [-0.2, 0) is 15.8 Å². The highest BCUT2D eigenvalue weighted by Gasteiger charge is 2.37. The van der Waals surface area contributed by atoms with Gasteiger partial charge in [-0.2, -0.15) is 13.2 Å². The van der Waals surface area contributed by atoms with Gasteiger partial charge in [0.1, 0.15) is 18.9 Å². The van der Waals surface area contributed by atoms with Crippen molar-refractivity contribution in [2.75, 3.05) is 32.7 Å². The summed E-state index contributed by atoms with van der Waals surface area (Å²) in [5.74, 6) is -0.703. The summed E-state index contributed by atoms with van der Waals surface area (Å²) in [6, 6.07) is 5.93. The summed E-state index contributed by atoms with van der Waals surface area (Å²) in [5.41, 5.74) is -0.690. The number of amides is 3. The van der Waals surface area contributed by atoms with Crippen molar-refractivity contribution in [3.05, 3.63) is 62.6 Å². The molecule has 0 aromatic heterocycles. The fourth-order valence-electron chi connectivity index (χ4n) is 3.21. The summed E-state index contributed by atoms with van der Waals surface area (Å²) >= 11 is 2.68. The van der Waals surface area contributed by atoms with E-state index in [1.165, 1.54) is 20.3 Å². The maximum Gasteiger partial charge on any atom is 0.416 e. The number of rotatable bonds is 9. The van der Waals surface area contributed by atoms with Crippen LogP contribution in [0.3, 0.4) is 0 Å². The highest BCUT2D eigenvalue weighted by molar-refractivity contribution is 14.1. The van der Waals surface area contributed by atoms with Gasteiger partial charge in [-0.1, -0.05) is 12.7 Å². The third-order valence-corrected chi connectivity index (χ3v) is 6.58. The standard InChI is InChI=1S/C24H20F3IN2O6S/c1-4-7-36-21-15(28)8-13(9-18(21)35-3)10-19-22(32)30(23(33)37-19)12-20(31)29-16-11-14(24(25,26)27)5-6-17(16)34-2/h4-6,8-11H,1,7,12H2,2-3H3,(H,29,31)/b19-10-. The van der Waals surface area contributed by atoms with Crippen LogP contribution in [0.5, 0.6) is 17.2 Å². The topological polar surface area (TPSA) is 94.2 Å². The molecule has 37 heavy (non-hydrogen) atoms. The number of methoxy groups -OCH3 is 2. The van der Waals surface area contributed by atoms with Crippen LogP contribution in [0, 0.1) is 3.57 Å². The third kappa shape index (κ3) is 6.77. The molecule has 0 bridgehead atoms. The number of anilines is 1. The molecule has 0 aliphatic carbocycles. The number of nitrogens with one attached hydrogen (secondary N) is 1. The Morgan fingerprint density at radius 2 is 1.86 bits per heavy atom. The van der Waals surface area contributed by atoms with Gasteiger partial charge >= 0.3 is 6.18 Å². The minimum Gasteiger partial charge on any atom is -0.495 e. The van der Waals surface area contributed by atoms with E-state index in [2.05, 4.69) is 11.9 Å². The van der Waals surface area contributed by atoms with Crippen molar-refractivity contribution in [2.24, 2.45) is 0 Å². The summed E-state index contributed by atoms with van der Waals surface area (Å²) < 4.78 is 55.8. The number of hydrogen-bond donors (Lipinski definition) is 1. The molecule has 1 aliphatic rings. The molecule has 8 nitrogen and oxygen atoms in total. The first kappa shape index (κ1) is 28.4. The molecule has 13 heteroatoms. The molecule has 0 saturated carbocycles. The van der Waals surface area contributed by atoms with Crippen LogP contribution in [0.2, 0.25) is 0 Å². The normalized spacial score (nSPS) is 14.6. The number of halogens is 4. The van der Waals surface area contributed by atoms with Gasteiger partial charge in [0, 0.05) is 0 Å². The van der Waals surface area contributed by atoms with Gasteiger partial charge in [0.2, 0.25) is 5.91 Å². The van der Waals surface area contributed by atoms with E-state index in [1.54, 1.807) is 18.2 Å². The molecule has 2 aromatic rings. The van der Waals surface area contributed by atoms with E-state index >= 15 is 0 Å². The van der Waals surface area contributed by atoms with Crippen LogP contribution in [-0.4, -0.2) is 49.3 Å². The number of thioether (sulfide) groups is 1. The van der Waals surface area contributed by atoms with Gasteiger partial charge in [-0.25, -0.2) is 0 Å². The first-order valence-electron chi connectivity index (χ1n) is 10.4. The Labute approximate surface area is 227 Å². The number of benzene rings is 2. The van der Waals surface area contributed by atoms with E-state index in [0.29, 0.717) is 43.4 Å². The van der Waals surface area contributed by atoms with Gasteiger partial charge in [0.15, 0.2) is 11.5 Å². The number of nitrogens with zero attached hydrogens (tertiary/aromatic N) is 1. The van der Waals surface area contributed by atoms with Crippen LogP contribution in [0.25, 0.3) is 6.08 Å². The summed E-state index contributed by atoms with van der Waals surface area (Å²) in [6.07, 6.45) is -1.58. The summed E-state index contributed by atoms with van der Waals surface area (Å²) in [5, 5.41) is 1.58. The third-order valence-electron chi connectivity index (χ3n) is 4.87. The average Bonchev–Trinajstić information content (AvgIpc) is 3.09. The van der Waals surface area contributed by atoms with Crippen molar-refractivity contribution in [3.63, 3.8) is 0 Å². The van der Waals surface area contributed by atoms with Gasteiger partial charge in [-0.3, -0.25) is 19.3 Å². The molecule has 0 unspecified atom stereocenters. The predicted octanol–water partition coefficient (Wildman–Crippen LogP) is 5.57. The molecule has 0 spiro atoms. The molecular formula is C24H20F3IN2O6S. The van der Waals surface area contributed by atoms with E-state index in [-0.39, 0.29) is 22.9 Å². The van der Waals surface area contributed by atoms with Crippen molar-refractivity contribution in [2.45, 2.75) is 6.18 Å². The van der Waals surface area contributed by atoms with Gasteiger partial charge < -0.3 is 19.5 Å². The summed E-state index contributed by atoms with van der Waals surface area (Å²) in [4.78, 5) is 38.6. The molecule has 1 aliphatic heterocycles. The van der Waals surface area contributed by atoms with Crippen LogP contribution in [0.4, 0.5) is 23.7 Å². The highest BCUT2D eigenvalue weighted by Crippen LogP contribution is 2.38. The van der Waals surface area contributed by atoms with E-state index in [9.17, 15) is 27.6 Å². The molecule has 1 heterocycles. The Morgan fingerprint density at radius 3 is 2.49 bits per heavy atom. The van der Waals surface area contributed by atoms with Crippen molar-refractivity contribution in [3.8, 4) is 17.2 Å². The lowest BCUT2D eigenvalue weighted by molar-refractivity contribution is -0.137. The van der Waals surface area contributed by atoms with Crippen LogP contribution in [0.15, 0.2) is 47.9 Å². The number of ether oxygens (including phenoxy) is 3. The Morgan fingerprint density at radius 1 is 1.16 bits per heavy atom. The Bertz CT molecular complexity index is 1280. The number of imide groups is 1. The molecule has 0 radical (unpaired) electrons. The molecule has 1 saturated heterocycles. The Balaban J connectivity index is 1.78. The second-order valence-electron chi connectivity index (χ2n) is 7.36. The lowest BCUT2D eigenvalue weighted by Crippen LogP contribution is -2.36. The van der Waals surface area contributed by atoms with E-state index in [4.69, 9.17) is 14.2 Å². The maximum absolute atomic E-state index is 13.1. The minimum atomic E-state index is -4.64. The lowest BCUT2D eigenvalue weighted by Gasteiger charge is -2.16. The van der Waals surface area contributed by atoms with Crippen molar-refractivity contribution < 1.29 is 41.8 Å². The number of carbonyl (C=O) groups is 3. The monoisotopic (exact) mass is 648 g/mol. The Hall–Kier alpha value is -3.20. The molecule has 0 atom stereocenters. The van der Waals surface area contributed by atoms with Crippen molar-refractivity contribution in [1.82, 2.24) is 4.90 Å². The van der Waals surface area contributed by atoms with Crippen LogP contribution < -0.4 is 19.5 Å². The van der Waals surface area contributed by atoms with Gasteiger partial charge in [0.05, 0.1) is 33.9 Å². The molecule has 3 rings (SSSR count). The SMILES string of the molecule is C=CCOc1c(I)cc(/C=C2\SC(=O)N(CC(=O)Nc3cc(C(F)(F)F)ccc3OC)C2=O)cc1OC. The molecule has 196 valence electrons. The van der Waals surface area contributed by atoms with E-state index < -0.39 is 35.3 Å². The fraction of sp³-hybridized carbons (Fsp3) is 0.208. The molecule has 1 fully saturated rings. The van der Waals surface area contributed by atoms with Gasteiger partial charge in [-0.05, 0) is 76.3 Å². The zero-order chi connectivity index (χ0) is 27.3. The number of hydrogen-bond acceptors (Lipinski definition) is 7. The van der Waals surface area contributed by atoms with E-state index in [1.807, 2.05) is 22.6 Å². The molecule has 3 amide bonds. The smallest absolute Gasteiger partial charge is 0.416 e. The van der Waals surface area contributed by atoms with Crippen molar-refractivity contribution in [1.29, 1.82) is 0 Å². The molecular weight excluding hydrogens is 628 g/mol. The number of carbonyl (C=O) groups excluding carboxylic acids is 3. The average molecular weight is 648 g/mol. The van der Waals surface area contributed by atoms with Crippen LogP contribution in [0.1, 0.15) is 11.1 Å². The second kappa shape index (κ2) is 11.9. The minimum absolute atomic E-state index is 0.0144. The second-order valence-corrected chi connectivity index (χ2v) is 9.52. The lowest BCUT2D eigenvalue weighted by atomic mass is 10.1. The first-order valence-corrected chi connectivity index (χ1v) is 12.3.